The van der Waals surface area contributed by atoms with Gasteiger partial charge in [-0.1, -0.05) is 36.4 Å². The third-order valence-corrected chi connectivity index (χ3v) is 4.52. The zero-order valence-electron chi connectivity index (χ0n) is 12.0. The van der Waals surface area contributed by atoms with Crippen LogP contribution in [0.5, 0.6) is 0 Å². The van der Waals surface area contributed by atoms with Crippen molar-refractivity contribution in [2.45, 2.75) is 20.4 Å². The van der Waals surface area contributed by atoms with Gasteiger partial charge in [-0.15, -0.1) is 11.3 Å². The first-order valence-corrected chi connectivity index (χ1v) is 7.65. The molecule has 0 saturated heterocycles. The van der Waals surface area contributed by atoms with Gasteiger partial charge in [-0.05, 0) is 30.7 Å². The monoisotopic (exact) mass is 296 g/mol. The van der Waals surface area contributed by atoms with E-state index in [1.54, 1.807) is 11.3 Å². The summed E-state index contributed by atoms with van der Waals surface area (Å²) in [5.41, 5.74) is 1.71. The van der Waals surface area contributed by atoms with Crippen LogP contribution in [0.3, 0.4) is 0 Å². The molecule has 0 atom stereocenters. The number of benzene rings is 2. The smallest absolute Gasteiger partial charge is 0.252 e. The predicted octanol–water partition coefficient (Wildman–Crippen LogP) is 3.84. The molecule has 21 heavy (non-hydrogen) atoms. The third-order valence-electron chi connectivity index (χ3n) is 3.44. The quantitative estimate of drug-likeness (QED) is 0.798. The summed E-state index contributed by atoms with van der Waals surface area (Å²) in [5, 5.41) is 6.08. The summed E-state index contributed by atoms with van der Waals surface area (Å²) >= 11 is 1.63. The van der Waals surface area contributed by atoms with E-state index in [0.717, 1.165) is 26.4 Å². The lowest BCUT2D eigenvalue weighted by molar-refractivity contribution is 0.0953. The number of amides is 1. The van der Waals surface area contributed by atoms with E-state index in [9.17, 15) is 4.79 Å². The van der Waals surface area contributed by atoms with Gasteiger partial charge >= 0.3 is 0 Å². The van der Waals surface area contributed by atoms with Crippen LogP contribution in [0.2, 0.25) is 0 Å². The number of nitrogens with zero attached hydrogens (tertiary/aromatic N) is 1. The number of carbonyl (C=O) groups is 1. The second kappa shape index (κ2) is 5.66. The second-order valence-electron chi connectivity index (χ2n) is 4.95. The van der Waals surface area contributed by atoms with Crippen molar-refractivity contribution in [3.8, 4) is 0 Å². The van der Waals surface area contributed by atoms with Crippen molar-refractivity contribution in [3.63, 3.8) is 0 Å². The van der Waals surface area contributed by atoms with Crippen molar-refractivity contribution in [2.75, 3.05) is 0 Å². The van der Waals surface area contributed by atoms with Crippen LogP contribution in [-0.2, 0) is 6.54 Å². The first-order chi connectivity index (χ1) is 10.1. The highest BCUT2D eigenvalue weighted by Gasteiger charge is 2.11. The minimum atomic E-state index is -0.0442. The maximum Gasteiger partial charge on any atom is 0.252 e. The van der Waals surface area contributed by atoms with E-state index < -0.39 is 0 Å². The Hall–Kier alpha value is -2.20. The Bertz CT molecular complexity index is 802. The number of carbonyl (C=O) groups excluding carboxylic acids is 1. The number of rotatable bonds is 3. The SMILES string of the molecule is Cc1nc(C)c(CNC(=O)c2cccc3ccccc23)s1. The lowest BCUT2D eigenvalue weighted by atomic mass is 10.0. The number of aryl methyl sites for hydroxylation is 2. The van der Waals surface area contributed by atoms with Gasteiger partial charge in [-0.3, -0.25) is 4.79 Å². The van der Waals surface area contributed by atoms with Gasteiger partial charge in [-0.25, -0.2) is 4.98 Å². The molecule has 1 aromatic heterocycles. The molecule has 4 heteroatoms. The molecule has 0 aliphatic heterocycles. The second-order valence-corrected chi connectivity index (χ2v) is 6.24. The molecule has 0 fully saturated rings. The summed E-state index contributed by atoms with van der Waals surface area (Å²) in [6.07, 6.45) is 0. The van der Waals surface area contributed by atoms with E-state index >= 15 is 0 Å². The van der Waals surface area contributed by atoms with Gasteiger partial charge in [0, 0.05) is 10.4 Å². The van der Waals surface area contributed by atoms with Gasteiger partial charge in [0.25, 0.3) is 5.91 Å². The van der Waals surface area contributed by atoms with E-state index in [0.29, 0.717) is 12.1 Å². The van der Waals surface area contributed by atoms with Gasteiger partial charge < -0.3 is 5.32 Å². The normalized spacial score (nSPS) is 10.8. The average molecular weight is 296 g/mol. The van der Waals surface area contributed by atoms with Crippen LogP contribution in [-0.4, -0.2) is 10.9 Å². The van der Waals surface area contributed by atoms with E-state index in [2.05, 4.69) is 10.3 Å². The van der Waals surface area contributed by atoms with Crippen molar-refractivity contribution >= 4 is 28.0 Å². The highest BCUT2D eigenvalue weighted by atomic mass is 32.1. The predicted molar refractivity (Wildman–Crippen MR) is 86.7 cm³/mol. The van der Waals surface area contributed by atoms with Crippen molar-refractivity contribution in [2.24, 2.45) is 0 Å². The molecule has 1 N–H and O–H groups in total. The number of thiazole rings is 1. The van der Waals surface area contributed by atoms with Gasteiger partial charge in [0.1, 0.15) is 0 Å². The molecule has 3 nitrogen and oxygen atoms in total. The summed E-state index contributed by atoms with van der Waals surface area (Å²) in [5.74, 6) is -0.0442. The highest BCUT2D eigenvalue weighted by Crippen LogP contribution is 2.20. The van der Waals surface area contributed by atoms with Crippen molar-refractivity contribution in [1.82, 2.24) is 10.3 Å². The van der Waals surface area contributed by atoms with E-state index in [4.69, 9.17) is 0 Å². The highest BCUT2D eigenvalue weighted by molar-refractivity contribution is 7.11. The molecule has 0 radical (unpaired) electrons. The standard InChI is InChI=1S/C17H16N2OS/c1-11-16(21-12(2)19-11)10-18-17(20)15-9-5-7-13-6-3-4-8-14(13)15/h3-9H,10H2,1-2H3,(H,18,20). The number of hydrogen-bond acceptors (Lipinski definition) is 3. The Morgan fingerprint density at radius 2 is 1.90 bits per heavy atom. The maximum atomic E-state index is 12.4. The number of aromatic nitrogens is 1. The topological polar surface area (TPSA) is 42.0 Å². The molecule has 106 valence electrons. The Kier molecular flexibility index (Phi) is 3.71. The van der Waals surface area contributed by atoms with Gasteiger partial charge in [0.05, 0.1) is 17.2 Å². The molecular formula is C17H16N2OS. The van der Waals surface area contributed by atoms with Crippen LogP contribution in [0.4, 0.5) is 0 Å². The molecule has 2 aromatic carbocycles. The van der Waals surface area contributed by atoms with Crippen LogP contribution < -0.4 is 5.32 Å². The van der Waals surface area contributed by atoms with E-state index in [1.807, 2.05) is 56.3 Å². The summed E-state index contributed by atoms with van der Waals surface area (Å²) in [6.45, 7) is 4.48. The van der Waals surface area contributed by atoms with Crippen molar-refractivity contribution in [3.05, 3.63) is 63.6 Å². The lowest BCUT2D eigenvalue weighted by Gasteiger charge is -2.07. The summed E-state index contributed by atoms with van der Waals surface area (Å²) in [4.78, 5) is 17.9. The molecule has 0 saturated carbocycles. The Labute approximate surface area is 127 Å². The number of hydrogen-bond donors (Lipinski definition) is 1. The Morgan fingerprint density at radius 1 is 1.14 bits per heavy atom. The zero-order valence-corrected chi connectivity index (χ0v) is 12.8. The molecule has 0 aliphatic carbocycles. The first-order valence-electron chi connectivity index (χ1n) is 6.84. The number of nitrogens with one attached hydrogen (secondary N) is 1. The number of fused-ring (bicyclic) bond motifs is 1. The molecule has 0 unspecified atom stereocenters. The van der Waals surface area contributed by atoms with Crippen molar-refractivity contribution in [1.29, 1.82) is 0 Å². The van der Waals surface area contributed by atoms with Crippen LogP contribution in [0.1, 0.15) is 25.9 Å². The molecule has 1 heterocycles. The van der Waals surface area contributed by atoms with Crippen LogP contribution >= 0.6 is 11.3 Å². The first kappa shape index (κ1) is 13.8. The van der Waals surface area contributed by atoms with Crippen LogP contribution in [0, 0.1) is 13.8 Å². The fourth-order valence-electron chi connectivity index (χ4n) is 2.42. The molecule has 0 spiro atoms. The molecular weight excluding hydrogens is 280 g/mol. The van der Waals surface area contributed by atoms with Gasteiger partial charge in [0.2, 0.25) is 0 Å². The van der Waals surface area contributed by atoms with E-state index in [1.165, 1.54) is 0 Å². The van der Waals surface area contributed by atoms with Crippen LogP contribution in [0.15, 0.2) is 42.5 Å². The van der Waals surface area contributed by atoms with Gasteiger partial charge in [0.15, 0.2) is 0 Å². The van der Waals surface area contributed by atoms with Crippen LogP contribution in [0.25, 0.3) is 10.8 Å². The minimum absolute atomic E-state index is 0.0442. The third kappa shape index (κ3) is 2.81. The van der Waals surface area contributed by atoms with E-state index in [-0.39, 0.29) is 5.91 Å². The molecule has 0 bridgehead atoms. The lowest BCUT2D eigenvalue weighted by Crippen LogP contribution is -2.22. The maximum absolute atomic E-state index is 12.4. The Balaban J connectivity index is 1.83. The van der Waals surface area contributed by atoms with Gasteiger partial charge in [-0.2, -0.15) is 0 Å². The minimum Gasteiger partial charge on any atom is -0.347 e. The largest absolute Gasteiger partial charge is 0.347 e. The molecule has 1 amide bonds. The average Bonchev–Trinajstić information content (AvgIpc) is 2.82. The summed E-state index contributed by atoms with van der Waals surface area (Å²) in [6, 6.07) is 13.7. The fraction of sp³-hybridized carbons (Fsp3) is 0.176. The zero-order chi connectivity index (χ0) is 14.8. The molecule has 0 aliphatic rings. The summed E-state index contributed by atoms with van der Waals surface area (Å²) in [7, 11) is 0. The summed E-state index contributed by atoms with van der Waals surface area (Å²) < 4.78 is 0. The Morgan fingerprint density at radius 3 is 2.67 bits per heavy atom. The molecule has 3 aromatic rings. The fourth-order valence-corrected chi connectivity index (χ4v) is 3.29. The molecule has 3 rings (SSSR count). The van der Waals surface area contributed by atoms with Crippen molar-refractivity contribution < 1.29 is 4.79 Å².